The summed E-state index contributed by atoms with van der Waals surface area (Å²) in [7, 11) is -0.994. The molecule has 94 valence electrons. The van der Waals surface area contributed by atoms with E-state index in [4.69, 9.17) is 0 Å². The minimum absolute atomic E-state index is 0.261. The van der Waals surface area contributed by atoms with Gasteiger partial charge in [0.25, 0.3) is 0 Å². The van der Waals surface area contributed by atoms with Gasteiger partial charge in [-0.25, -0.2) is 0 Å². The maximum Gasteiger partial charge on any atom is 0.0589 e. The van der Waals surface area contributed by atoms with E-state index in [2.05, 4.69) is 26.0 Å². The maximum absolute atomic E-state index is 12.6. The van der Waals surface area contributed by atoms with E-state index in [0.29, 0.717) is 0 Å². The van der Waals surface area contributed by atoms with Crippen LogP contribution in [0.1, 0.15) is 19.4 Å². The third kappa shape index (κ3) is 3.08. The standard InChI is InChI=1S/C16H18OS/c1-16(2,13-14-9-5-3-6-10-14)18(17)15-11-7-4-8-12-15/h3-12H,13H2,1-2H3/t18-/m0/s1. The van der Waals surface area contributed by atoms with Crippen LogP contribution in [0.4, 0.5) is 0 Å². The summed E-state index contributed by atoms with van der Waals surface area (Å²) in [6, 6.07) is 19.9. The Morgan fingerprint density at radius 1 is 0.889 bits per heavy atom. The first-order valence-corrected chi connectivity index (χ1v) is 7.25. The molecule has 0 unspecified atom stereocenters. The highest BCUT2D eigenvalue weighted by Crippen LogP contribution is 2.24. The predicted octanol–water partition coefficient (Wildman–Crippen LogP) is 3.82. The average molecular weight is 258 g/mol. The van der Waals surface area contributed by atoms with Gasteiger partial charge in [-0.2, -0.15) is 0 Å². The highest BCUT2D eigenvalue weighted by Gasteiger charge is 2.27. The van der Waals surface area contributed by atoms with Gasteiger partial charge in [0, 0.05) is 9.64 Å². The van der Waals surface area contributed by atoms with Gasteiger partial charge in [-0.3, -0.25) is 4.21 Å². The van der Waals surface area contributed by atoms with Crippen molar-refractivity contribution < 1.29 is 4.21 Å². The van der Waals surface area contributed by atoms with E-state index in [9.17, 15) is 4.21 Å². The summed E-state index contributed by atoms with van der Waals surface area (Å²) in [5, 5.41) is 0. The fraction of sp³-hybridized carbons (Fsp3) is 0.250. The van der Waals surface area contributed by atoms with Crippen LogP contribution < -0.4 is 0 Å². The van der Waals surface area contributed by atoms with Gasteiger partial charge in [-0.1, -0.05) is 48.5 Å². The average Bonchev–Trinajstić information content (AvgIpc) is 2.39. The summed E-state index contributed by atoms with van der Waals surface area (Å²) in [4.78, 5) is 0.901. The number of hydrogen-bond donors (Lipinski definition) is 0. The van der Waals surface area contributed by atoms with Crippen molar-refractivity contribution in [2.24, 2.45) is 0 Å². The maximum atomic E-state index is 12.6. The largest absolute Gasteiger partial charge is 0.254 e. The van der Waals surface area contributed by atoms with Crippen LogP contribution in [0.3, 0.4) is 0 Å². The Bertz CT molecular complexity index is 517. The van der Waals surface area contributed by atoms with Crippen LogP contribution in [-0.4, -0.2) is 8.96 Å². The Kier molecular flexibility index (Phi) is 3.97. The minimum Gasteiger partial charge on any atom is -0.254 e. The fourth-order valence-electron chi connectivity index (χ4n) is 2.02. The lowest BCUT2D eigenvalue weighted by Crippen LogP contribution is -2.29. The highest BCUT2D eigenvalue weighted by atomic mass is 32.2. The van der Waals surface area contributed by atoms with Gasteiger partial charge in [0.1, 0.15) is 0 Å². The molecule has 2 rings (SSSR count). The molecule has 0 saturated heterocycles. The van der Waals surface area contributed by atoms with Crippen molar-refractivity contribution in [3.8, 4) is 0 Å². The van der Waals surface area contributed by atoms with Crippen molar-refractivity contribution in [3.63, 3.8) is 0 Å². The van der Waals surface area contributed by atoms with Gasteiger partial charge in [0.15, 0.2) is 0 Å². The van der Waals surface area contributed by atoms with Crippen molar-refractivity contribution in [1.82, 2.24) is 0 Å². The first-order chi connectivity index (χ1) is 8.59. The summed E-state index contributed by atoms with van der Waals surface area (Å²) < 4.78 is 12.3. The van der Waals surface area contributed by atoms with Gasteiger partial charge >= 0.3 is 0 Å². The van der Waals surface area contributed by atoms with Crippen molar-refractivity contribution in [2.45, 2.75) is 29.9 Å². The molecule has 1 atom stereocenters. The molecule has 0 amide bonds. The Balaban J connectivity index is 2.19. The van der Waals surface area contributed by atoms with E-state index in [0.717, 1.165) is 11.3 Å². The molecule has 0 bridgehead atoms. The van der Waals surface area contributed by atoms with Crippen LogP contribution in [0.15, 0.2) is 65.6 Å². The Hall–Kier alpha value is -1.41. The van der Waals surface area contributed by atoms with Gasteiger partial charge in [0.05, 0.1) is 10.8 Å². The molecule has 2 heteroatoms. The molecule has 1 nitrogen and oxygen atoms in total. The van der Waals surface area contributed by atoms with E-state index in [1.54, 1.807) is 0 Å². The van der Waals surface area contributed by atoms with Crippen LogP contribution in [-0.2, 0) is 17.2 Å². The van der Waals surface area contributed by atoms with Crippen molar-refractivity contribution >= 4 is 10.8 Å². The molecule has 2 aromatic carbocycles. The topological polar surface area (TPSA) is 17.1 Å². The predicted molar refractivity (Wildman–Crippen MR) is 77.1 cm³/mol. The van der Waals surface area contributed by atoms with E-state index in [1.165, 1.54) is 5.56 Å². The Morgan fingerprint density at radius 2 is 1.39 bits per heavy atom. The zero-order chi connectivity index (χ0) is 13.0. The van der Waals surface area contributed by atoms with Crippen LogP contribution in [0.25, 0.3) is 0 Å². The van der Waals surface area contributed by atoms with Crippen LogP contribution >= 0.6 is 0 Å². The van der Waals surface area contributed by atoms with E-state index in [-0.39, 0.29) is 4.75 Å². The molecule has 0 aliphatic carbocycles. The zero-order valence-electron chi connectivity index (χ0n) is 10.8. The molecule has 0 heterocycles. The van der Waals surface area contributed by atoms with E-state index in [1.807, 2.05) is 48.5 Å². The third-order valence-electron chi connectivity index (χ3n) is 2.93. The highest BCUT2D eigenvalue weighted by molar-refractivity contribution is 7.86. The van der Waals surface area contributed by atoms with Gasteiger partial charge < -0.3 is 0 Å². The molecule has 0 aliphatic heterocycles. The molecule has 0 saturated carbocycles. The summed E-state index contributed by atoms with van der Waals surface area (Å²) in [6.45, 7) is 4.12. The smallest absolute Gasteiger partial charge is 0.0589 e. The monoisotopic (exact) mass is 258 g/mol. The molecule has 0 aliphatic rings. The van der Waals surface area contributed by atoms with Crippen LogP contribution in [0.2, 0.25) is 0 Å². The molecule has 0 N–H and O–H groups in total. The lowest BCUT2D eigenvalue weighted by molar-refractivity contribution is 0.623. The lowest BCUT2D eigenvalue weighted by atomic mass is 10.0. The minimum atomic E-state index is -0.994. The molecule has 0 aromatic heterocycles. The van der Waals surface area contributed by atoms with Crippen molar-refractivity contribution in [2.75, 3.05) is 0 Å². The first kappa shape index (κ1) is 13.0. The molecule has 0 spiro atoms. The normalized spacial score (nSPS) is 13.2. The molecular weight excluding hydrogens is 240 g/mol. The molecule has 0 radical (unpaired) electrons. The van der Waals surface area contributed by atoms with Crippen LogP contribution in [0, 0.1) is 0 Å². The summed E-state index contributed by atoms with van der Waals surface area (Å²) in [5.74, 6) is 0. The van der Waals surface area contributed by atoms with E-state index >= 15 is 0 Å². The Morgan fingerprint density at radius 3 is 1.94 bits per heavy atom. The number of hydrogen-bond acceptors (Lipinski definition) is 1. The molecule has 18 heavy (non-hydrogen) atoms. The van der Waals surface area contributed by atoms with E-state index < -0.39 is 10.8 Å². The Labute approximate surface area is 111 Å². The summed E-state index contributed by atoms with van der Waals surface area (Å²) in [6.07, 6.45) is 0.815. The third-order valence-corrected chi connectivity index (χ3v) is 4.78. The summed E-state index contributed by atoms with van der Waals surface area (Å²) >= 11 is 0. The van der Waals surface area contributed by atoms with Gasteiger partial charge in [-0.05, 0) is 38.0 Å². The van der Waals surface area contributed by atoms with Crippen LogP contribution in [0.5, 0.6) is 0 Å². The SMILES string of the molecule is CC(C)(Cc1ccccc1)[S@@](=O)c1ccccc1. The number of rotatable bonds is 4. The molecule has 2 aromatic rings. The van der Waals surface area contributed by atoms with Gasteiger partial charge in [0.2, 0.25) is 0 Å². The number of benzene rings is 2. The van der Waals surface area contributed by atoms with Gasteiger partial charge in [-0.15, -0.1) is 0 Å². The van der Waals surface area contributed by atoms with Crippen molar-refractivity contribution in [3.05, 3.63) is 66.2 Å². The lowest BCUT2D eigenvalue weighted by Gasteiger charge is -2.24. The molecular formula is C16H18OS. The zero-order valence-corrected chi connectivity index (χ0v) is 11.6. The fourth-order valence-corrected chi connectivity index (χ4v) is 3.36. The second-order valence-electron chi connectivity index (χ2n) is 5.00. The quantitative estimate of drug-likeness (QED) is 0.815. The second kappa shape index (κ2) is 5.49. The first-order valence-electron chi connectivity index (χ1n) is 6.10. The molecule has 0 fully saturated rings. The summed E-state index contributed by atoms with van der Waals surface area (Å²) in [5.41, 5.74) is 1.23. The second-order valence-corrected chi connectivity index (χ2v) is 7.12. The van der Waals surface area contributed by atoms with Crippen molar-refractivity contribution in [1.29, 1.82) is 0 Å².